The lowest BCUT2D eigenvalue weighted by molar-refractivity contribution is -0.596. The van der Waals surface area contributed by atoms with Gasteiger partial charge in [0.1, 0.15) is 5.75 Å². The van der Waals surface area contributed by atoms with Crippen molar-refractivity contribution in [1.82, 2.24) is 10.7 Å². The van der Waals surface area contributed by atoms with E-state index in [0.717, 1.165) is 16.7 Å². The number of methoxy groups -OCH3 is 1. The topological polar surface area (TPSA) is 70.4 Å². The van der Waals surface area contributed by atoms with E-state index in [9.17, 15) is 9.59 Å². The maximum atomic E-state index is 12.9. The minimum Gasteiger partial charge on any atom is -0.497 e. The van der Waals surface area contributed by atoms with Gasteiger partial charge in [0.2, 0.25) is 12.3 Å². The van der Waals surface area contributed by atoms with Crippen LogP contribution >= 0.6 is 0 Å². The van der Waals surface area contributed by atoms with Crippen LogP contribution in [-0.2, 0) is 4.79 Å². The Morgan fingerprint density at radius 1 is 1.00 bits per heavy atom. The zero-order valence-electron chi connectivity index (χ0n) is 17.4. The Labute approximate surface area is 181 Å². The smallest absolute Gasteiger partial charge is 0.304 e. The molecule has 0 bridgehead atoms. The lowest BCUT2D eigenvalue weighted by atomic mass is 10.00. The van der Waals surface area contributed by atoms with Crippen molar-refractivity contribution in [3.63, 3.8) is 0 Å². The largest absolute Gasteiger partial charge is 0.497 e. The zero-order valence-corrected chi connectivity index (χ0v) is 17.4. The first-order chi connectivity index (χ1) is 15.0. The van der Waals surface area contributed by atoms with Gasteiger partial charge in [-0.05, 0) is 43.3 Å². The van der Waals surface area contributed by atoms with Crippen LogP contribution < -0.4 is 15.5 Å². The highest BCUT2D eigenvalue weighted by Crippen LogP contribution is 2.25. The van der Waals surface area contributed by atoms with Gasteiger partial charge in [0.05, 0.1) is 7.11 Å². The van der Waals surface area contributed by atoms with Crippen LogP contribution in [0.25, 0.3) is 0 Å². The summed E-state index contributed by atoms with van der Waals surface area (Å²) < 4.78 is 6.91. The number of hydrogen-bond acceptors (Lipinski definition) is 3. The highest BCUT2D eigenvalue weighted by molar-refractivity contribution is 5.98. The number of carbonyl (C=O) groups is 2. The first kappa shape index (κ1) is 20.3. The molecule has 2 N–H and O–H groups in total. The molecule has 31 heavy (non-hydrogen) atoms. The Bertz CT molecular complexity index is 1110. The van der Waals surface area contributed by atoms with Crippen LogP contribution in [-0.4, -0.2) is 35.9 Å². The van der Waals surface area contributed by atoms with Crippen LogP contribution in [0.2, 0.25) is 0 Å². The first-order valence-electron chi connectivity index (χ1n) is 10.1. The van der Waals surface area contributed by atoms with Gasteiger partial charge >= 0.3 is 5.91 Å². The van der Waals surface area contributed by atoms with E-state index in [1.807, 2.05) is 67.7 Å². The van der Waals surface area contributed by atoms with Gasteiger partial charge in [-0.1, -0.05) is 48.0 Å². The Balaban J connectivity index is 1.65. The van der Waals surface area contributed by atoms with E-state index in [-0.39, 0.29) is 11.8 Å². The molecule has 2 atom stereocenters. The number of carbonyl (C=O) groups excluding carboxylic acids is 2. The number of benzene rings is 3. The number of amides is 2. The van der Waals surface area contributed by atoms with Gasteiger partial charge in [0, 0.05) is 16.7 Å². The lowest BCUT2D eigenvalue weighted by Gasteiger charge is -2.14. The molecule has 0 aliphatic carbocycles. The van der Waals surface area contributed by atoms with E-state index in [2.05, 4.69) is 10.7 Å². The molecule has 6 heteroatoms. The normalized spacial score (nSPS) is 19.2. The molecular weight excluding hydrogens is 390 g/mol. The summed E-state index contributed by atoms with van der Waals surface area (Å²) in [6.45, 7) is 2.03. The molecule has 3 aromatic rings. The van der Waals surface area contributed by atoms with E-state index in [1.165, 1.54) is 0 Å². The van der Waals surface area contributed by atoms with Crippen molar-refractivity contribution in [3.8, 4) is 5.75 Å². The highest BCUT2D eigenvalue weighted by atomic mass is 16.5. The molecule has 0 saturated carbocycles. The molecule has 1 fully saturated rings. The minimum absolute atomic E-state index is 0.265. The summed E-state index contributed by atoms with van der Waals surface area (Å²) in [5.41, 5.74) is 6.39. The van der Waals surface area contributed by atoms with E-state index >= 15 is 0 Å². The summed E-state index contributed by atoms with van der Waals surface area (Å²) in [7, 11) is 1.57. The van der Waals surface area contributed by atoms with Crippen LogP contribution in [0, 0.1) is 6.92 Å². The van der Waals surface area contributed by atoms with Gasteiger partial charge in [-0.2, -0.15) is 0 Å². The summed E-state index contributed by atoms with van der Waals surface area (Å²) >= 11 is 0. The number of nitrogens with one attached hydrogen (secondary N) is 2. The maximum Gasteiger partial charge on any atom is 0.304 e. The lowest BCUT2D eigenvalue weighted by Crippen LogP contribution is -2.42. The average molecular weight is 414 g/mol. The number of rotatable bonds is 5. The van der Waals surface area contributed by atoms with Crippen molar-refractivity contribution < 1.29 is 19.0 Å². The molecular formula is C25H24N3O3+. The zero-order chi connectivity index (χ0) is 21.8. The van der Waals surface area contributed by atoms with Gasteiger partial charge < -0.3 is 10.1 Å². The highest BCUT2D eigenvalue weighted by Gasteiger charge is 2.47. The van der Waals surface area contributed by atoms with E-state index < -0.39 is 12.1 Å². The third-order valence-electron chi connectivity index (χ3n) is 5.28. The fourth-order valence-electron chi connectivity index (χ4n) is 3.61. The molecule has 0 radical (unpaired) electrons. The predicted octanol–water partition coefficient (Wildman–Crippen LogP) is 3.02. The number of hydrazine groups is 1. The van der Waals surface area contributed by atoms with Crippen molar-refractivity contribution in [2.45, 2.75) is 19.0 Å². The predicted molar refractivity (Wildman–Crippen MR) is 118 cm³/mol. The molecule has 1 saturated heterocycles. The SMILES string of the molecule is COc1ccc(C(=O)N[C@@H]2C(=O)N/[N+](=C\c3ccc(C)cc3)[C@@H]2c2ccccc2)cc1. The number of ether oxygens (including phenoxy) is 1. The summed E-state index contributed by atoms with van der Waals surface area (Å²) in [6.07, 6.45) is 1.88. The molecule has 1 aliphatic heterocycles. The maximum absolute atomic E-state index is 12.9. The van der Waals surface area contributed by atoms with E-state index in [0.29, 0.717) is 11.3 Å². The Kier molecular flexibility index (Phi) is 5.80. The number of hydrazone groups is 1. The van der Waals surface area contributed by atoms with Gasteiger partial charge in [-0.25, -0.2) is 0 Å². The fraction of sp³-hybridized carbons (Fsp3) is 0.160. The first-order valence-corrected chi connectivity index (χ1v) is 10.1. The third-order valence-corrected chi connectivity index (χ3v) is 5.28. The van der Waals surface area contributed by atoms with Crippen LogP contribution in [0.4, 0.5) is 0 Å². The summed E-state index contributed by atoms with van der Waals surface area (Å²) in [6, 6.07) is 23.3. The molecule has 6 nitrogen and oxygen atoms in total. The number of hydrogen-bond donors (Lipinski definition) is 2. The molecule has 2 amide bonds. The number of aryl methyl sites for hydroxylation is 1. The monoisotopic (exact) mass is 414 g/mol. The van der Waals surface area contributed by atoms with E-state index in [1.54, 1.807) is 36.1 Å². The molecule has 0 spiro atoms. The average Bonchev–Trinajstić information content (AvgIpc) is 3.10. The molecule has 0 aromatic heterocycles. The summed E-state index contributed by atoms with van der Waals surface area (Å²) in [5, 5.41) is 2.90. The van der Waals surface area contributed by atoms with Crippen molar-refractivity contribution >= 4 is 18.0 Å². The van der Waals surface area contributed by atoms with Gasteiger partial charge in [-0.3, -0.25) is 9.59 Å². The van der Waals surface area contributed by atoms with E-state index in [4.69, 9.17) is 4.74 Å². The summed E-state index contributed by atoms with van der Waals surface area (Å²) in [5.74, 6) is 0.0798. The molecule has 0 unspecified atom stereocenters. The van der Waals surface area contributed by atoms with Crippen LogP contribution in [0.5, 0.6) is 5.75 Å². The van der Waals surface area contributed by atoms with Gasteiger partial charge in [-0.15, -0.1) is 10.1 Å². The molecule has 1 aliphatic rings. The minimum atomic E-state index is -0.751. The summed E-state index contributed by atoms with van der Waals surface area (Å²) in [4.78, 5) is 25.7. The van der Waals surface area contributed by atoms with Crippen molar-refractivity contribution in [2.24, 2.45) is 0 Å². The quantitative estimate of drug-likeness (QED) is 0.631. The standard InChI is InChI=1S/C25H23N3O3/c1-17-8-10-18(11-9-17)16-28-23(19-6-4-3-5-7-19)22(25(30)27-28)26-24(29)20-12-14-21(31-2)15-13-20/h3-16,22-23H,1-2H3,(H-,26,27,29,30)/p+1/b28-16-/t22-,23+/m0/s1. The molecule has 3 aromatic carbocycles. The second-order valence-electron chi connectivity index (χ2n) is 7.46. The third kappa shape index (κ3) is 4.48. The molecule has 4 rings (SSSR count). The van der Waals surface area contributed by atoms with Crippen molar-refractivity contribution in [3.05, 3.63) is 101 Å². The second kappa shape index (κ2) is 8.83. The van der Waals surface area contributed by atoms with Crippen LogP contribution in [0.15, 0.2) is 78.9 Å². The Morgan fingerprint density at radius 3 is 2.32 bits per heavy atom. The molecule has 1 heterocycles. The second-order valence-corrected chi connectivity index (χ2v) is 7.46. The van der Waals surface area contributed by atoms with Crippen molar-refractivity contribution in [2.75, 3.05) is 7.11 Å². The Hall–Kier alpha value is -3.93. The van der Waals surface area contributed by atoms with Crippen LogP contribution in [0.3, 0.4) is 0 Å². The fourth-order valence-corrected chi connectivity index (χ4v) is 3.61. The van der Waals surface area contributed by atoms with Crippen molar-refractivity contribution in [1.29, 1.82) is 0 Å². The number of nitrogens with zero attached hydrogens (tertiary/aromatic N) is 1. The van der Waals surface area contributed by atoms with Crippen LogP contribution in [0.1, 0.15) is 33.1 Å². The Morgan fingerprint density at radius 2 is 1.68 bits per heavy atom. The molecule has 156 valence electrons. The van der Waals surface area contributed by atoms with Gasteiger partial charge in [0.15, 0.2) is 6.04 Å². The van der Waals surface area contributed by atoms with Gasteiger partial charge in [0.25, 0.3) is 5.91 Å².